The highest BCUT2D eigenvalue weighted by Crippen LogP contribution is 2.25. The molecule has 3 aromatic rings. The predicted molar refractivity (Wildman–Crippen MR) is 87.5 cm³/mol. The van der Waals surface area contributed by atoms with Crippen LogP contribution in [-0.2, 0) is 18.0 Å². The zero-order valence-corrected chi connectivity index (χ0v) is 12.9. The summed E-state index contributed by atoms with van der Waals surface area (Å²) >= 11 is 7.51. The largest absolute Gasteiger partial charge is 0.370 e. The third-order valence-electron chi connectivity index (χ3n) is 3.00. The first kappa shape index (κ1) is 14.3. The first-order chi connectivity index (χ1) is 10.3. The number of hydrogen-bond donors (Lipinski definition) is 0. The number of nitrogens with zero attached hydrogens (tertiary/aromatic N) is 1. The maximum atomic E-state index is 5.89. The molecule has 0 spiro atoms. The Kier molecular flexibility index (Phi) is 4.65. The van der Waals surface area contributed by atoms with Crippen molar-refractivity contribution >= 4 is 22.9 Å². The number of thiazole rings is 1. The second-order valence-corrected chi connectivity index (χ2v) is 5.92. The van der Waals surface area contributed by atoms with E-state index in [2.05, 4.69) is 17.1 Å². The number of aromatic nitrogens is 1. The van der Waals surface area contributed by atoms with Crippen molar-refractivity contribution in [3.63, 3.8) is 0 Å². The van der Waals surface area contributed by atoms with E-state index >= 15 is 0 Å². The van der Waals surface area contributed by atoms with Gasteiger partial charge in [-0.15, -0.1) is 11.3 Å². The van der Waals surface area contributed by atoms with Crippen LogP contribution in [0, 0.1) is 0 Å². The summed E-state index contributed by atoms with van der Waals surface area (Å²) in [5, 5.41) is 3.77. The minimum atomic E-state index is 0.527. The minimum absolute atomic E-state index is 0.527. The first-order valence-corrected chi connectivity index (χ1v) is 7.89. The van der Waals surface area contributed by atoms with Crippen LogP contribution in [-0.4, -0.2) is 4.98 Å². The van der Waals surface area contributed by atoms with Crippen LogP contribution >= 0.6 is 22.9 Å². The molecule has 0 saturated heterocycles. The zero-order valence-electron chi connectivity index (χ0n) is 11.3. The quantitative estimate of drug-likeness (QED) is 0.647. The van der Waals surface area contributed by atoms with Crippen LogP contribution in [0.5, 0.6) is 0 Å². The van der Waals surface area contributed by atoms with Crippen LogP contribution in [0.25, 0.3) is 10.6 Å². The van der Waals surface area contributed by atoms with Gasteiger partial charge in [-0.1, -0.05) is 54.1 Å². The Morgan fingerprint density at radius 1 is 0.952 bits per heavy atom. The van der Waals surface area contributed by atoms with Crippen molar-refractivity contribution < 1.29 is 4.74 Å². The molecule has 0 N–H and O–H groups in total. The molecule has 3 rings (SSSR count). The Balaban J connectivity index is 1.59. The molecule has 0 amide bonds. The van der Waals surface area contributed by atoms with Crippen molar-refractivity contribution in [1.29, 1.82) is 0 Å². The van der Waals surface area contributed by atoms with Gasteiger partial charge in [0.25, 0.3) is 0 Å². The van der Waals surface area contributed by atoms with Gasteiger partial charge in [-0.05, 0) is 17.7 Å². The summed E-state index contributed by atoms with van der Waals surface area (Å²) in [5.41, 5.74) is 3.21. The summed E-state index contributed by atoms with van der Waals surface area (Å²) in [6.07, 6.45) is 0. The van der Waals surface area contributed by atoms with Crippen LogP contribution in [0.15, 0.2) is 60.0 Å². The molecule has 1 heterocycles. The summed E-state index contributed by atoms with van der Waals surface area (Å²) in [7, 11) is 0. The van der Waals surface area contributed by atoms with Gasteiger partial charge in [0.2, 0.25) is 0 Å². The molecule has 0 aliphatic carbocycles. The van der Waals surface area contributed by atoms with Crippen molar-refractivity contribution in [3.8, 4) is 10.6 Å². The summed E-state index contributed by atoms with van der Waals surface area (Å²) in [6, 6.07) is 17.9. The van der Waals surface area contributed by atoms with E-state index in [1.807, 2.05) is 47.8 Å². The van der Waals surface area contributed by atoms with Gasteiger partial charge in [-0.2, -0.15) is 0 Å². The Hall–Kier alpha value is -1.68. The zero-order chi connectivity index (χ0) is 14.5. The lowest BCUT2D eigenvalue weighted by atomic mass is 10.2. The number of rotatable bonds is 5. The molecule has 4 heteroatoms. The number of halogens is 1. The van der Waals surface area contributed by atoms with Gasteiger partial charge < -0.3 is 4.74 Å². The predicted octanol–water partition coefficient (Wildman–Crippen LogP) is 5.18. The molecule has 0 atom stereocenters. The Morgan fingerprint density at radius 3 is 2.48 bits per heavy atom. The molecule has 0 aliphatic rings. The van der Waals surface area contributed by atoms with Crippen molar-refractivity contribution in [2.45, 2.75) is 13.2 Å². The second-order valence-electron chi connectivity index (χ2n) is 4.63. The molecule has 2 nitrogen and oxygen atoms in total. The molecule has 0 bridgehead atoms. The van der Waals surface area contributed by atoms with Gasteiger partial charge in [0.15, 0.2) is 0 Å². The third-order valence-corrected chi connectivity index (χ3v) is 4.20. The second kappa shape index (κ2) is 6.85. The molecule has 0 fully saturated rings. The molecule has 0 radical (unpaired) electrons. The lowest BCUT2D eigenvalue weighted by Gasteiger charge is -2.02. The van der Waals surface area contributed by atoms with Crippen LogP contribution in [0.1, 0.15) is 11.3 Å². The highest BCUT2D eigenvalue weighted by molar-refractivity contribution is 7.13. The van der Waals surface area contributed by atoms with E-state index in [-0.39, 0.29) is 0 Å². The summed E-state index contributed by atoms with van der Waals surface area (Å²) < 4.78 is 5.70. The van der Waals surface area contributed by atoms with Crippen molar-refractivity contribution in [1.82, 2.24) is 4.98 Å². The van der Waals surface area contributed by atoms with E-state index in [4.69, 9.17) is 16.3 Å². The lowest BCUT2D eigenvalue weighted by Crippen LogP contribution is -1.94. The Labute approximate surface area is 133 Å². The fourth-order valence-electron chi connectivity index (χ4n) is 1.95. The normalized spacial score (nSPS) is 10.7. The average Bonchev–Trinajstić information content (AvgIpc) is 2.98. The standard InChI is InChI=1S/C17H14ClNOS/c18-15-8-6-14(7-9-15)17-19-16(12-21-17)11-20-10-13-4-2-1-3-5-13/h1-9,12H,10-11H2. The minimum Gasteiger partial charge on any atom is -0.370 e. The summed E-state index contributed by atoms with van der Waals surface area (Å²) in [5.74, 6) is 0. The van der Waals surface area contributed by atoms with Crippen molar-refractivity contribution in [2.24, 2.45) is 0 Å². The van der Waals surface area contributed by atoms with Crippen LogP contribution in [0.3, 0.4) is 0 Å². The van der Waals surface area contributed by atoms with Gasteiger partial charge >= 0.3 is 0 Å². The highest BCUT2D eigenvalue weighted by atomic mass is 35.5. The van der Waals surface area contributed by atoms with E-state index in [0.717, 1.165) is 21.3 Å². The summed E-state index contributed by atoms with van der Waals surface area (Å²) in [4.78, 5) is 4.59. The SMILES string of the molecule is Clc1ccc(-c2nc(COCc3ccccc3)cs2)cc1. The molecule has 21 heavy (non-hydrogen) atoms. The maximum absolute atomic E-state index is 5.89. The van der Waals surface area contributed by atoms with Gasteiger partial charge in [-0.25, -0.2) is 4.98 Å². The van der Waals surface area contributed by atoms with Gasteiger partial charge in [-0.3, -0.25) is 0 Å². The van der Waals surface area contributed by atoms with E-state index in [1.165, 1.54) is 5.56 Å². The molecule has 0 aliphatic heterocycles. The van der Waals surface area contributed by atoms with E-state index < -0.39 is 0 Å². The smallest absolute Gasteiger partial charge is 0.123 e. The number of hydrogen-bond acceptors (Lipinski definition) is 3. The third kappa shape index (κ3) is 3.91. The number of ether oxygens (including phenoxy) is 1. The lowest BCUT2D eigenvalue weighted by molar-refractivity contribution is 0.105. The van der Waals surface area contributed by atoms with E-state index in [9.17, 15) is 0 Å². The van der Waals surface area contributed by atoms with E-state index in [1.54, 1.807) is 11.3 Å². The molecule has 0 unspecified atom stereocenters. The topological polar surface area (TPSA) is 22.1 Å². The Bertz CT molecular complexity index is 694. The fraction of sp³-hybridized carbons (Fsp3) is 0.118. The highest BCUT2D eigenvalue weighted by Gasteiger charge is 2.05. The van der Waals surface area contributed by atoms with Gasteiger partial charge in [0.1, 0.15) is 5.01 Å². The number of benzene rings is 2. The molecular weight excluding hydrogens is 302 g/mol. The molecule has 2 aromatic carbocycles. The van der Waals surface area contributed by atoms with Crippen molar-refractivity contribution in [3.05, 3.63) is 76.3 Å². The average molecular weight is 316 g/mol. The van der Waals surface area contributed by atoms with Crippen molar-refractivity contribution in [2.75, 3.05) is 0 Å². The molecule has 0 saturated carbocycles. The molecular formula is C17H14ClNOS. The van der Waals surface area contributed by atoms with Gasteiger partial charge in [0.05, 0.1) is 18.9 Å². The van der Waals surface area contributed by atoms with Crippen LogP contribution in [0.4, 0.5) is 0 Å². The molecule has 1 aromatic heterocycles. The van der Waals surface area contributed by atoms with E-state index in [0.29, 0.717) is 13.2 Å². The first-order valence-electron chi connectivity index (χ1n) is 6.63. The monoisotopic (exact) mass is 315 g/mol. The van der Waals surface area contributed by atoms with Crippen LogP contribution in [0.2, 0.25) is 5.02 Å². The summed E-state index contributed by atoms with van der Waals surface area (Å²) in [6.45, 7) is 1.13. The van der Waals surface area contributed by atoms with Gasteiger partial charge in [0, 0.05) is 16.0 Å². The fourth-order valence-corrected chi connectivity index (χ4v) is 2.88. The molecule has 106 valence electrons. The van der Waals surface area contributed by atoms with Crippen LogP contribution < -0.4 is 0 Å². The maximum Gasteiger partial charge on any atom is 0.123 e. The Morgan fingerprint density at radius 2 is 1.71 bits per heavy atom.